The lowest BCUT2D eigenvalue weighted by Crippen LogP contribution is -2.60. The molecule has 3 unspecified atom stereocenters. The molecule has 7 nitrogen and oxygen atoms in total. The van der Waals surface area contributed by atoms with Gasteiger partial charge in [0.2, 0.25) is 5.91 Å². The van der Waals surface area contributed by atoms with Crippen molar-refractivity contribution in [2.24, 2.45) is 0 Å². The van der Waals surface area contributed by atoms with Crippen LogP contribution in [0.5, 0.6) is 0 Å². The van der Waals surface area contributed by atoms with Gasteiger partial charge in [0.25, 0.3) is 0 Å². The highest BCUT2D eigenvalue weighted by molar-refractivity contribution is 5.94. The number of halogens is 2. The summed E-state index contributed by atoms with van der Waals surface area (Å²) in [6, 6.07) is 8.95. The number of benzene rings is 2. The molecule has 3 fully saturated rings. The first kappa shape index (κ1) is 21.3. The third kappa shape index (κ3) is 3.75. The molecule has 3 saturated heterocycles. The third-order valence-corrected chi connectivity index (χ3v) is 6.73. The minimum Gasteiger partial charge on any atom is -0.369 e. The molecule has 0 saturated carbocycles. The number of hydrazine groups is 2. The largest absolute Gasteiger partial charge is 0.369 e. The average Bonchev–Trinajstić information content (AvgIpc) is 3.17. The maximum atomic E-state index is 15.0. The van der Waals surface area contributed by atoms with Crippen molar-refractivity contribution in [3.8, 4) is 0 Å². The zero-order valence-electron chi connectivity index (χ0n) is 18.2. The molecule has 2 aromatic rings. The lowest BCUT2D eigenvalue weighted by atomic mass is 9.92. The molecule has 3 N–H and O–H groups in total. The fourth-order valence-electron chi connectivity index (χ4n) is 4.85. The van der Waals surface area contributed by atoms with Crippen molar-refractivity contribution in [3.63, 3.8) is 0 Å². The van der Waals surface area contributed by atoms with Crippen molar-refractivity contribution >= 4 is 17.3 Å². The lowest BCUT2D eigenvalue weighted by molar-refractivity contribution is -0.121. The monoisotopic (exact) mass is 442 g/mol. The summed E-state index contributed by atoms with van der Waals surface area (Å²) in [6.07, 6.45) is 0.175. The van der Waals surface area contributed by atoms with Crippen molar-refractivity contribution in [1.29, 1.82) is 0 Å². The normalized spacial score (nSPS) is 26.5. The number of carbonyl (C=O) groups is 1. The molecule has 3 heterocycles. The van der Waals surface area contributed by atoms with Gasteiger partial charge in [-0.05, 0) is 43.8 Å². The lowest BCUT2D eigenvalue weighted by Gasteiger charge is -2.38. The summed E-state index contributed by atoms with van der Waals surface area (Å²) in [6.45, 7) is 5.46. The number of rotatable bonds is 3. The Morgan fingerprint density at radius 1 is 1.00 bits per heavy atom. The van der Waals surface area contributed by atoms with Crippen LogP contribution in [0.4, 0.5) is 20.2 Å². The summed E-state index contributed by atoms with van der Waals surface area (Å²) >= 11 is 0. The number of nitrogens with zero attached hydrogens (tertiary/aromatic N) is 3. The molecule has 32 heavy (non-hydrogen) atoms. The number of nitrogens with one attached hydrogen (secondary N) is 3. The van der Waals surface area contributed by atoms with E-state index in [9.17, 15) is 13.6 Å². The van der Waals surface area contributed by atoms with E-state index >= 15 is 0 Å². The molecule has 0 spiro atoms. The van der Waals surface area contributed by atoms with E-state index in [0.717, 1.165) is 31.9 Å². The van der Waals surface area contributed by atoms with Crippen LogP contribution in [0.3, 0.4) is 0 Å². The molecule has 5 rings (SSSR count). The van der Waals surface area contributed by atoms with Gasteiger partial charge < -0.3 is 9.80 Å². The maximum Gasteiger partial charge on any atom is 0.243 e. The van der Waals surface area contributed by atoms with Crippen molar-refractivity contribution < 1.29 is 13.6 Å². The smallest absolute Gasteiger partial charge is 0.243 e. The standard InChI is InChI=1S/C23H28F2N6O/c1-14-4-3-5-18(25)23(14)31-20(32)13-19-22(28-31)21(27-26-19)16-12-15(6-7-17(16)24)30-10-8-29(2)9-11-30/h3-7,12,19,21-22,26-28H,8-11,13H2,1-2H3. The van der Waals surface area contributed by atoms with E-state index in [2.05, 4.69) is 33.1 Å². The van der Waals surface area contributed by atoms with Crippen LogP contribution in [0.1, 0.15) is 23.6 Å². The van der Waals surface area contributed by atoms with Crippen LogP contribution in [0, 0.1) is 18.6 Å². The van der Waals surface area contributed by atoms with Crippen LogP contribution in [0.15, 0.2) is 36.4 Å². The molecule has 3 aliphatic rings. The quantitative estimate of drug-likeness (QED) is 0.675. The van der Waals surface area contributed by atoms with Gasteiger partial charge in [-0.2, -0.15) is 0 Å². The Hall–Kier alpha value is -2.59. The van der Waals surface area contributed by atoms with Gasteiger partial charge >= 0.3 is 0 Å². The topological polar surface area (TPSA) is 62.9 Å². The predicted molar refractivity (Wildman–Crippen MR) is 119 cm³/mol. The van der Waals surface area contributed by atoms with Crippen molar-refractivity contribution in [3.05, 3.63) is 59.2 Å². The van der Waals surface area contributed by atoms with Crippen LogP contribution < -0.4 is 26.2 Å². The number of anilines is 2. The first-order valence-electron chi connectivity index (χ1n) is 11.0. The van der Waals surface area contributed by atoms with Crippen LogP contribution in [0.25, 0.3) is 0 Å². The van der Waals surface area contributed by atoms with Gasteiger partial charge in [0.05, 0.1) is 17.8 Å². The van der Waals surface area contributed by atoms with E-state index in [4.69, 9.17) is 0 Å². The zero-order chi connectivity index (χ0) is 22.4. The second-order valence-electron chi connectivity index (χ2n) is 8.86. The number of para-hydroxylation sites is 1. The molecule has 1 amide bonds. The summed E-state index contributed by atoms with van der Waals surface area (Å²) in [5.74, 6) is -1.01. The Kier molecular flexibility index (Phi) is 5.58. The fraction of sp³-hybridized carbons (Fsp3) is 0.435. The summed E-state index contributed by atoms with van der Waals surface area (Å²) in [4.78, 5) is 17.3. The van der Waals surface area contributed by atoms with Gasteiger partial charge in [-0.15, -0.1) is 0 Å². The number of amides is 1. The Morgan fingerprint density at radius 2 is 1.78 bits per heavy atom. The van der Waals surface area contributed by atoms with Gasteiger partial charge in [0, 0.05) is 49.9 Å². The minimum absolute atomic E-state index is 0.175. The predicted octanol–water partition coefficient (Wildman–Crippen LogP) is 1.85. The van der Waals surface area contributed by atoms with Crippen LogP contribution >= 0.6 is 0 Å². The second-order valence-corrected chi connectivity index (χ2v) is 8.86. The van der Waals surface area contributed by atoms with E-state index < -0.39 is 11.9 Å². The van der Waals surface area contributed by atoms with Crippen LogP contribution in [-0.4, -0.2) is 56.1 Å². The van der Waals surface area contributed by atoms with Crippen LogP contribution in [-0.2, 0) is 4.79 Å². The molecular formula is C23H28F2N6O. The van der Waals surface area contributed by atoms with Crippen molar-refractivity contribution in [2.75, 3.05) is 43.1 Å². The number of carbonyl (C=O) groups excluding carboxylic acids is 1. The molecule has 3 atom stereocenters. The van der Waals surface area contributed by atoms with E-state index in [0.29, 0.717) is 11.1 Å². The van der Waals surface area contributed by atoms with Gasteiger partial charge in [-0.1, -0.05) is 12.1 Å². The highest BCUT2D eigenvalue weighted by atomic mass is 19.1. The molecule has 0 radical (unpaired) electrons. The van der Waals surface area contributed by atoms with Gasteiger partial charge in [0.15, 0.2) is 0 Å². The van der Waals surface area contributed by atoms with Crippen molar-refractivity contribution in [2.45, 2.75) is 31.5 Å². The fourth-order valence-corrected chi connectivity index (χ4v) is 4.85. The van der Waals surface area contributed by atoms with E-state index in [-0.39, 0.29) is 35.9 Å². The van der Waals surface area contributed by atoms with Gasteiger partial charge in [-0.25, -0.2) is 24.6 Å². The molecular weight excluding hydrogens is 414 g/mol. The summed E-state index contributed by atoms with van der Waals surface area (Å²) in [5, 5.41) is 1.29. The number of likely N-dealkylation sites (N-methyl/N-ethyl adjacent to an activating group) is 1. The first-order chi connectivity index (χ1) is 15.4. The number of piperazine rings is 1. The average molecular weight is 443 g/mol. The Labute approximate surface area is 186 Å². The molecule has 2 aromatic carbocycles. The summed E-state index contributed by atoms with van der Waals surface area (Å²) in [5.41, 5.74) is 11.8. The zero-order valence-corrected chi connectivity index (χ0v) is 18.2. The molecule has 9 heteroatoms. The molecule has 3 aliphatic heterocycles. The number of hydrogen-bond donors (Lipinski definition) is 3. The van der Waals surface area contributed by atoms with Gasteiger partial charge in [0.1, 0.15) is 11.6 Å². The summed E-state index contributed by atoms with van der Waals surface area (Å²) in [7, 11) is 2.10. The molecule has 0 bridgehead atoms. The third-order valence-electron chi connectivity index (χ3n) is 6.73. The first-order valence-corrected chi connectivity index (χ1v) is 11.0. The number of hydrogen-bond acceptors (Lipinski definition) is 6. The highest BCUT2D eigenvalue weighted by Gasteiger charge is 2.45. The molecule has 170 valence electrons. The minimum atomic E-state index is -0.469. The van der Waals surface area contributed by atoms with Crippen molar-refractivity contribution in [1.82, 2.24) is 21.2 Å². The molecule has 0 aromatic heterocycles. The number of fused-ring (bicyclic) bond motifs is 1. The van der Waals surface area contributed by atoms with Gasteiger partial charge in [-0.3, -0.25) is 10.2 Å². The second kappa shape index (κ2) is 8.40. The SMILES string of the molecule is Cc1cccc(F)c1N1NC2C(CC1=O)NNC2c1cc(N2CCN(C)CC2)ccc1F. The Morgan fingerprint density at radius 3 is 2.53 bits per heavy atom. The van der Waals surface area contributed by atoms with E-state index in [1.165, 1.54) is 17.1 Å². The Bertz CT molecular complexity index is 1010. The van der Waals surface area contributed by atoms with E-state index in [1.54, 1.807) is 19.1 Å². The summed E-state index contributed by atoms with van der Waals surface area (Å²) < 4.78 is 29.6. The van der Waals surface area contributed by atoms with E-state index in [1.807, 2.05) is 12.1 Å². The number of aryl methyl sites for hydroxylation is 1. The molecule has 0 aliphatic carbocycles. The highest BCUT2D eigenvalue weighted by Crippen LogP contribution is 2.34. The Balaban J connectivity index is 1.43. The van der Waals surface area contributed by atoms with Crippen LogP contribution in [0.2, 0.25) is 0 Å². The maximum absolute atomic E-state index is 15.0.